The van der Waals surface area contributed by atoms with Crippen molar-refractivity contribution in [1.82, 2.24) is 5.32 Å². The van der Waals surface area contributed by atoms with Gasteiger partial charge in [-0.25, -0.2) is 0 Å². The third-order valence-corrected chi connectivity index (χ3v) is 2.64. The van der Waals surface area contributed by atoms with E-state index in [1.54, 1.807) is 0 Å². The lowest BCUT2D eigenvalue weighted by atomic mass is 9.89. The van der Waals surface area contributed by atoms with Crippen molar-refractivity contribution in [3.63, 3.8) is 0 Å². The normalized spacial score (nSPS) is 27.9. The van der Waals surface area contributed by atoms with Gasteiger partial charge in [-0.1, -0.05) is 6.92 Å². The zero-order valence-corrected chi connectivity index (χ0v) is 8.95. The minimum absolute atomic E-state index is 0.0625. The average molecular weight is 200 g/mol. The molecule has 0 aromatic rings. The van der Waals surface area contributed by atoms with E-state index in [4.69, 9.17) is 10.5 Å². The first-order valence-electron chi connectivity index (χ1n) is 5.29. The van der Waals surface area contributed by atoms with Gasteiger partial charge < -0.3 is 15.8 Å². The van der Waals surface area contributed by atoms with E-state index in [0.29, 0.717) is 18.7 Å². The van der Waals surface area contributed by atoms with Crippen LogP contribution in [0.5, 0.6) is 0 Å². The molecule has 4 heteroatoms. The van der Waals surface area contributed by atoms with Crippen LogP contribution in [0.25, 0.3) is 0 Å². The summed E-state index contributed by atoms with van der Waals surface area (Å²) < 4.78 is 5.40. The smallest absolute Gasteiger partial charge is 0.224 e. The van der Waals surface area contributed by atoms with Gasteiger partial charge in [0.2, 0.25) is 5.91 Å². The molecule has 0 saturated heterocycles. The lowest BCUT2D eigenvalue weighted by Gasteiger charge is -2.35. The molecule has 0 aromatic carbocycles. The Morgan fingerprint density at radius 2 is 2.29 bits per heavy atom. The fourth-order valence-corrected chi connectivity index (χ4v) is 1.51. The van der Waals surface area contributed by atoms with E-state index in [1.807, 2.05) is 13.8 Å². The van der Waals surface area contributed by atoms with Crippen LogP contribution < -0.4 is 11.1 Å². The van der Waals surface area contributed by atoms with Gasteiger partial charge in [0.25, 0.3) is 0 Å². The Bertz CT molecular complexity index is 191. The van der Waals surface area contributed by atoms with Gasteiger partial charge in [-0.2, -0.15) is 0 Å². The second-order valence-corrected chi connectivity index (χ2v) is 3.89. The molecular weight excluding hydrogens is 180 g/mol. The molecule has 3 N–H and O–H groups in total. The number of carbonyl (C=O) groups excluding carboxylic acids is 1. The van der Waals surface area contributed by atoms with Gasteiger partial charge in [0.1, 0.15) is 0 Å². The summed E-state index contributed by atoms with van der Waals surface area (Å²) in [6.07, 6.45) is 2.23. The van der Waals surface area contributed by atoms with Crippen molar-refractivity contribution in [3.8, 4) is 0 Å². The standard InChI is InChI=1S/C10H20N2O2/c1-3-14-9-4-8(5-9)12-10(13)7(2)6-11/h7-9H,3-6,11H2,1-2H3,(H,12,13). The van der Waals surface area contributed by atoms with Gasteiger partial charge in [-0.15, -0.1) is 0 Å². The van der Waals surface area contributed by atoms with Crippen LogP contribution in [0.2, 0.25) is 0 Å². The first kappa shape index (κ1) is 11.5. The summed E-state index contributed by atoms with van der Waals surface area (Å²) in [5, 5.41) is 2.96. The predicted molar refractivity (Wildman–Crippen MR) is 54.8 cm³/mol. The molecule has 0 radical (unpaired) electrons. The van der Waals surface area contributed by atoms with Gasteiger partial charge in [0.05, 0.1) is 6.10 Å². The lowest BCUT2D eigenvalue weighted by molar-refractivity contribution is -0.126. The summed E-state index contributed by atoms with van der Waals surface area (Å²) in [4.78, 5) is 11.4. The molecule has 0 aliphatic heterocycles. The summed E-state index contributed by atoms with van der Waals surface area (Å²) in [5.41, 5.74) is 5.40. The van der Waals surface area contributed by atoms with Crippen LogP contribution in [-0.2, 0) is 9.53 Å². The number of rotatable bonds is 5. The van der Waals surface area contributed by atoms with Crippen molar-refractivity contribution < 1.29 is 9.53 Å². The average Bonchev–Trinajstić information content (AvgIpc) is 2.13. The zero-order chi connectivity index (χ0) is 10.6. The van der Waals surface area contributed by atoms with Crippen LogP contribution in [0.4, 0.5) is 0 Å². The fourth-order valence-electron chi connectivity index (χ4n) is 1.51. The van der Waals surface area contributed by atoms with Gasteiger partial charge >= 0.3 is 0 Å². The Kier molecular flexibility index (Phi) is 4.35. The second-order valence-electron chi connectivity index (χ2n) is 3.89. The number of ether oxygens (including phenoxy) is 1. The highest BCUT2D eigenvalue weighted by molar-refractivity contribution is 5.78. The Morgan fingerprint density at radius 1 is 1.64 bits per heavy atom. The van der Waals surface area contributed by atoms with Crippen molar-refractivity contribution >= 4 is 5.91 Å². The maximum absolute atomic E-state index is 11.4. The van der Waals surface area contributed by atoms with E-state index in [0.717, 1.165) is 19.4 Å². The molecule has 1 rings (SSSR count). The van der Waals surface area contributed by atoms with Crippen molar-refractivity contribution in [2.24, 2.45) is 11.7 Å². The van der Waals surface area contributed by atoms with Crippen molar-refractivity contribution in [3.05, 3.63) is 0 Å². The Balaban J connectivity index is 2.13. The van der Waals surface area contributed by atoms with Crippen molar-refractivity contribution in [1.29, 1.82) is 0 Å². The van der Waals surface area contributed by atoms with Gasteiger partial charge in [-0.05, 0) is 19.8 Å². The number of nitrogens with one attached hydrogen (secondary N) is 1. The number of nitrogens with two attached hydrogens (primary N) is 1. The summed E-state index contributed by atoms with van der Waals surface area (Å²) in [7, 11) is 0. The first-order valence-corrected chi connectivity index (χ1v) is 5.29. The molecule has 0 aromatic heterocycles. The number of amides is 1. The molecule has 1 fully saturated rings. The summed E-state index contributed by atoms with van der Waals surface area (Å²) in [6, 6.07) is 0.299. The van der Waals surface area contributed by atoms with E-state index in [-0.39, 0.29) is 11.8 Å². The molecule has 1 aliphatic rings. The number of carbonyl (C=O) groups is 1. The van der Waals surface area contributed by atoms with Crippen LogP contribution in [0.1, 0.15) is 26.7 Å². The van der Waals surface area contributed by atoms with Gasteiger partial charge in [0.15, 0.2) is 0 Å². The van der Waals surface area contributed by atoms with Crippen molar-refractivity contribution in [2.45, 2.75) is 38.8 Å². The molecule has 0 heterocycles. The fraction of sp³-hybridized carbons (Fsp3) is 0.900. The molecule has 1 unspecified atom stereocenters. The maximum atomic E-state index is 11.4. The topological polar surface area (TPSA) is 64.3 Å². The molecule has 1 saturated carbocycles. The summed E-state index contributed by atoms with van der Waals surface area (Å²) >= 11 is 0. The zero-order valence-electron chi connectivity index (χ0n) is 8.95. The highest BCUT2D eigenvalue weighted by atomic mass is 16.5. The Labute approximate surface area is 85.2 Å². The van der Waals surface area contributed by atoms with E-state index >= 15 is 0 Å². The van der Waals surface area contributed by atoms with Crippen LogP contribution in [0.3, 0.4) is 0 Å². The van der Waals surface area contributed by atoms with E-state index in [1.165, 1.54) is 0 Å². The van der Waals surface area contributed by atoms with Crippen LogP contribution in [-0.4, -0.2) is 31.2 Å². The van der Waals surface area contributed by atoms with Gasteiger partial charge in [-0.3, -0.25) is 4.79 Å². The minimum Gasteiger partial charge on any atom is -0.378 e. The maximum Gasteiger partial charge on any atom is 0.224 e. The molecule has 1 amide bonds. The van der Waals surface area contributed by atoms with Crippen LogP contribution >= 0.6 is 0 Å². The molecule has 1 aliphatic carbocycles. The molecule has 0 bridgehead atoms. The number of hydrogen-bond acceptors (Lipinski definition) is 3. The quantitative estimate of drug-likeness (QED) is 0.669. The third kappa shape index (κ3) is 2.96. The molecule has 0 spiro atoms. The largest absolute Gasteiger partial charge is 0.378 e. The minimum atomic E-state index is -0.0823. The monoisotopic (exact) mass is 200 g/mol. The summed E-state index contributed by atoms with van der Waals surface area (Å²) in [5.74, 6) is -0.0198. The van der Waals surface area contributed by atoms with E-state index in [2.05, 4.69) is 5.32 Å². The second kappa shape index (κ2) is 5.32. The first-order chi connectivity index (χ1) is 6.67. The Morgan fingerprint density at radius 3 is 2.79 bits per heavy atom. The third-order valence-electron chi connectivity index (χ3n) is 2.64. The van der Waals surface area contributed by atoms with E-state index in [9.17, 15) is 4.79 Å². The molecule has 4 nitrogen and oxygen atoms in total. The van der Waals surface area contributed by atoms with E-state index < -0.39 is 0 Å². The SMILES string of the molecule is CCOC1CC(NC(=O)C(C)CN)C1. The number of hydrogen-bond donors (Lipinski definition) is 2. The van der Waals surface area contributed by atoms with Crippen LogP contribution in [0.15, 0.2) is 0 Å². The molecule has 1 atom stereocenters. The van der Waals surface area contributed by atoms with Gasteiger partial charge in [0, 0.05) is 25.1 Å². The highest BCUT2D eigenvalue weighted by Gasteiger charge is 2.31. The highest BCUT2D eigenvalue weighted by Crippen LogP contribution is 2.23. The predicted octanol–water partition coefficient (Wildman–Crippen LogP) is 0.265. The molecular formula is C10H20N2O2. The summed E-state index contributed by atoms with van der Waals surface area (Å²) in [6.45, 7) is 4.99. The molecule has 14 heavy (non-hydrogen) atoms. The van der Waals surface area contributed by atoms with Crippen molar-refractivity contribution in [2.75, 3.05) is 13.2 Å². The van der Waals surface area contributed by atoms with Crippen LogP contribution in [0, 0.1) is 5.92 Å². The molecule has 82 valence electrons. The lowest BCUT2D eigenvalue weighted by Crippen LogP contribution is -2.49. The Hall–Kier alpha value is -0.610.